The molecule has 2 N–H and O–H groups in total. The Kier molecular flexibility index (Phi) is 3.67. The average molecular weight is 333 g/mol. The van der Waals surface area contributed by atoms with Crippen molar-refractivity contribution in [2.75, 3.05) is 13.6 Å². The summed E-state index contributed by atoms with van der Waals surface area (Å²) in [6.07, 6.45) is 9.75. The van der Waals surface area contributed by atoms with E-state index in [9.17, 15) is 4.79 Å². The van der Waals surface area contributed by atoms with Gasteiger partial charge in [0.2, 0.25) is 5.91 Å². The Bertz CT molecular complexity index is 548. The lowest BCUT2D eigenvalue weighted by Crippen LogP contribution is -2.64. The van der Waals surface area contributed by atoms with Gasteiger partial charge in [0.05, 0.1) is 0 Å². The van der Waals surface area contributed by atoms with Crippen molar-refractivity contribution in [1.82, 2.24) is 4.90 Å². The Morgan fingerprint density at radius 3 is 2.33 bits per heavy atom. The number of hydrogen-bond donors (Lipinski definition) is 1. The number of carbonyl (C=O) groups is 1. The lowest BCUT2D eigenvalue weighted by Gasteiger charge is -2.66. The minimum atomic E-state index is 0.317. The summed E-state index contributed by atoms with van der Waals surface area (Å²) in [6.45, 7) is 8.54. The number of likely N-dealkylation sites (tertiary alicyclic amines) is 1. The summed E-state index contributed by atoms with van der Waals surface area (Å²) in [4.78, 5) is 14.4. The minimum Gasteiger partial charge on any atom is -0.342 e. The molecule has 0 aromatic heterocycles. The SMILES string of the molecule is CN1C(=O)CCC2(C)C3CCC4(C)C(CN)CCC4[C@@]3(C)CC[C@@H]12. The van der Waals surface area contributed by atoms with Crippen molar-refractivity contribution >= 4 is 5.91 Å². The molecule has 0 aromatic rings. The van der Waals surface area contributed by atoms with Gasteiger partial charge in [-0.05, 0) is 85.5 Å². The van der Waals surface area contributed by atoms with Gasteiger partial charge in [0, 0.05) is 19.5 Å². The molecule has 1 aliphatic heterocycles. The molecule has 0 bridgehead atoms. The molecule has 136 valence electrons. The molecule has 3 saturated carbocycles. The van der Waals surface area contributed by atoms with Crippen LogP contribution in [0.3, 0.4) is 0 Å². The monoisotopic (exact) mass is 332 g/mol. The van der Waals surface area contributed by atoms with Crippen LogP contribution >= 0.6 is 0 Å². The van der Waals surface area contributed by atoms with Gasteiger partial charge < -0.3 is 10.6 Å². The molecule has 3 heteroatoms. The molecule has 4 fully saturated rings. The maximum absolute atomic E-state index is 12.3. The summed E-state index contributed by atoms with van der Waals surface area (Å²) in [6, 6.07) is 0.466. The molecular weight excluding hydrogens is 296 g/mol. The Balaban J connectivity index is 1.70. The highest BCUT2D eigenvalue weighted by Crippen LogP contribution is 2.70. The molecule has 24 heavy (non-hydrogen) atoms. The number of amides is 1. The van der Waals surface area contributed by atoms with Gasteiger partial charge in [0.15, 0.2) is 0 Å². The molecule has 4 aliphatic rings. The molecule has 3 nitrogen and oxygen atoms in total. The van der Waals surface area contributed by atoms with Crippen LogP contribution in [-0.4, -0.2) is 30.4 Å². The third-order valence-corrected chi connectivity index (χ3v) is 9.63. The van der Waals surface area contributed by atoms with Gasteiger partial charge in [-0.3, -0.25) is 4.79 Å². The first-order chi connectivity index (χ1) is 11.3. The van der Waals surface area contributed by atoms with Crippen LogP contribution in [-0.2, 0) is 4.79 Å². The van der Waals surface area contributed by atoms with E-state index in [0.29, 0.717) is 28.2 Å². The molecule has 1 amide bonds. The second kappa shape index (κ2) is 5.22. The van der Waals surface area contributed by atoms with E-state index in [1.807, 2.05) is 0 Å². The van der Waals surface area contributed by atoms with E-state index in [4.69, 9.17) is 5.73 Å². The average Bonchev–Trinajstić information content (AvgIpc) is 2.89. The van der Waals surface area contributed by atoms with Gasteiger partial charge in [-0.25, -0.2) is 0 Å². The van der Waals surface area contributed by atoms with Crippen LogP contribution in [0.4, 0.5) is 0 Å². The van der Waals surface area contributed by atoms with E-state index in [0.717, 1.165) is 37.1 Å². The standard InChI is InChI=1S/C21H36N2O/c1-19-10-7-16-20(2,15(19)6-5-14(19)13-22)11-8-17-21(16,3)12-9-18(24)23(17)4/h14-17H,5-13,22H2,1-4H3/t14?,15?,16?,17-,19?,20-,21?/m1/s1. The summed E-state index contributed by atoms with van der Waals surface area (Å²) in [5.41, 5.74) is 7.38. The molecule has 1 heterocycles. The van der Waals surface area contributed by atoms with E-state index in [-0.39, 0.29) is 0 Å². The van der Waals surface area contributed by atoms with Crippen molar-refractivity contribution in [2.45, 2.75) is 78.2 Å². The number of carbonyl (C=O) groups excluding carboxylic acids is 1. The molecular formula is C21H36N2O. The number of piperidine rings is 1. The maximum Gasteiger partial charge on any atom is 0.222 e. The minimum absolute atomic E-state index is 0.317. The molecule has 5 unspecified atom stereocenters. The predicted molar refractivity (Wildman–Crippen MR) is 97.3 cm³/mol. The highest BCUT2D eigenvalue weighted by molar-refractivity contribution is 5.77. The van der Waals surface area contributed by atoms with E-state index in [1.54, 1.807) is 0 Å². The van der Waals surface area contributed by atoms with Crippen molar-refractivity contribution in [3.63, 3.8) is 0 Å². The zero-order valence-electron chi connectivity index (χ0n) is 16.1. The Hall–Kier alpha value is -0.570. The van der Waals surface area contributed by atoms with E-state index >= 15 is 0 Å². The molecule has 3 aliphatic carbocycles. The van der Waals surface area contributed by atoms with Crippen molar-refractivity contribution in [3.05, 3.63) is 0 Å². The van der Waals surface area contributed by atoms with Crippen molar-refractivity contribution in [3.8, 4) is 0 Å². The van der Waals surface area contributed by atoms with Crippen molar-refractivity contribution in [1.29, 1.82) is 0 Å². The third-order valence-electron chi connectivity index (χ3n) is 9.63. The normalized spacial score (nSPS) is 54.2. The Labute approximate surface area is 147 Å². The van der Waals surface area contributed by atoms with Gasteiger partial charge in [-0.15, -0.1) is 0 Å². The van der Waals surface area contributed by atoms with Gasteiger partial charge in [0.1, 0.15) is 0 Å². The summed E-state index contributed by atoms with van der Waals surface area (Å²) in [5, 5.41) is 0. The molecule has 7 atom stereocenters. The lowest BCUT2D eigenvalue weighted by atomic mass is 9.41. The number of nitrogens with two attached hydrogens (primary N) is 1. The maximum atomic E-state index is 12.3. The largest absolute Gasteiger partial charge is 0.342 e. The third kappa shape index (κ3) is 1.91. The van der Waals surface area contributed by atoms with Crippen LogP contribution in [0.1, 0.15) is 72.1 Å². The molecule has 0 aromatic carbocycles. The van der Waals surface area contributed by atoms with Gasteiger partial charge in [-0.1, -0.05) is 20.8 Å². The fourth-order valence-corrected chi connectivity index (χ4v) is 8.33. The molecule has 4 rings (SSSR count). The first-order valence-corrected chi connectivity index (χ1v) is 10.2. The van der Waals surface area contributed by atoms with Gasteiger partial charge >= 0.3 is 0 Å². The van der Waals surface area contributed by atoms with Crippen LogP contribution in [0.5, 0.6) is 0 Å². The Morgan fingerprint density at radius 1 is 0.958 bits per heavy atom. The highest BCUT2D eigenvalue weighted by Gasteiger charge is 2.65. The molecule has 1 saturated heterocycles. The second-order valence-corrected chi connectivity index (χ2v) is 10.2. The van der Waals surface area contributed by atoms with Crippen LogP contribution in [0.25, 0.3) is 0 Å². The number of hydrogen-bond acceptors (Lipinski definition) is 2. The first kappa shape index (κ1) is 16.9. The van der Waals surface area contributed by atoms with Gasteiger partial charge in [0.25, 0.3) is 0 Å². The fourth-order valence-electron chi connectivity index (χ4n) is 8.33. The number of fused-ring (bicyclic) bond motifs is 5. The summed E-state index contributed by atoms with van der Waals surface area (Å²) in [5.74, 6) is 2.69. The van der Waals surface area contributed by atoms with Crippen LogP contribution < -0.4 is 5.73 Å². The molecule has 0 spiro atoms. The summed E-state index contributed by atoms with van der Waals surface area (Å²) < 4.78 is 0. The Morgan fingerprint density at radius 2 is 1.62 bits per heavy atom. The van der Waals surface area contributed by atoms with Crippen molar-refractivity contribution < 1.29 is 4.79 Å². The quantitative estimate of drug-likeness (QED) is 0.793. The van der Waals surface area contributed by atoms with Gasteiger partial charge in [-0.2, -0.15) is 0 Å². The zero-order chi connectivity index (χ0) is 17.3. The van der Waals surface area contributed by atoms with Crippen LogP contribution in [0.2, 0.25) is 0 Å². The topological polar surface area (TPSA) is 46.3 Å². The number of rotatable bonds is 1. The summed E-state index contributed by atoms with van der Waals surface area (Å²) >= 11 is 0. The van der Waals surface area contributed by atoms with E-state index < -0.39 is 0 Å². The van der Waals surface area contributed by atoms with Crippen LogP contribution in [0, 0.1) is 34.0 Å². The van der Waals surface area contributed by atoms with E-state index in [1.165, 1.54) is 38.5 Å². The fraction of sp³-hybridized carbons (Fsp3) is 0.952. The lowest BCUT2D eigenvalue weighted by molar-refractivity contribution is -0.180. The first-order valence-electron chi connectivity index (χ1n) is 10.2. The predicted octanol–water partition coefficient (Wildman–Crippen LogP) is 3.81. The smallest absolute Gasteiger partial charge is 0.222 e. The molecule has 0 radical (unpaired) electrons. The zero-order valence-corrected chi connectivity index (χ0v) is 16.1. The van der Waals surface area contributed by atoms with Crippen LogP contribution in [0.15, 0.2) is 0 Å². The van der Waals surface area contributed by atoms with E-state index in [2.05, 4.69) is 32.7 Å². The summed E-state index contributed by atoms with van der Waals surface area (Å²) in [7, 11) is 2.06. The van der Waals surface area contributed by atoms with Crippen molar-refractivity contribution in [2.24, 2.45) is 39.7 Å². The second-order valence-electron chi connectivity index (χ2n) is 10.2. The highest BCUT2D eigenvalue weighted by atomic mass is 16.2. The number of nitrogens with zero attached hydrogens (tertiary/aromatic N) is 1.